The summed E-state index contributed by atoms with van der Waals surface area (Å²) in [6, 6.07) is 9.84. The van der Waals surface area contributed by atoms with Gasteiger partial charge in [-0.2, -0.15) is 5.10 Å². The van der Waals surface area contributed by atoms with Gasteiger partial charge in [-0.3, -0.25) is 4.79 Å². The van der Waals surface area contributed by atoms with Crippen LogP contribution in [0.5, 0.6) is 0 Å². The SMILES string of the molecule is CCOCC(=O)N/N=C/C=C/c1ccccc1. The summed E-state index contributed by atoms with van der Waals surface area (Å²) in [4.78, 5) is 11.1. The third-order valence-electron chi connectivity index (χ3n) is 1.88. The number of amides is 1. The van der Waals surface area contributed by atoms with Crippen LogP contribution in [0.3, 0.4) is 0 Å². The number of carbonyl (C=O) groups is 1. The predicted octanol–water partition coefficient (Wildman–Crippen LogP) is 1.84. The first-order chi connectivity index (χ1) is 8.33. The van der Waals surface area contributed by atoms with E-state index >= 15 is 0 Å². The number of hydrogen-bond donors (Lipinski definition) is 1. The maximum Gasteiger partial charge on any atom is 0.266 e. The summed E-state index contributed by atoms with van der Waals surface area (Å²) in [5, 5.41) is 3.75. The lowest BCUT2D eigenvalue weighted by atomic mass is 10.2. The van der Waals surface area contributed by atoms with Crippen molar-refractivity contribution in [1.82, 2.24) is 5.43 Å². The van der Waals surface area contributed by atoms with Gasteiger partial charge in [0.15, 0.2) is 0 Å². The van der Waals surface area contributed by atoms with E-state index < -0.39 is 0 Å². The number of benzene rings is 1. The van der Waals surface area contributed by atoms with Gasteiger partial charge in [-0.05, 0) is 18.6 Å². The molecule has 0 radical (unpaired) electrons. The van der Waals surface area contributed by atoms with Crippen LogP contribution in [0.4, 0.5) is 0 Å². The molecule has 1 rings (SSSR count). The number of rotatable bonds is 6. The maximum absolute atomic E-state index is 11.1. The van der Waals surface area contributed by atoms with Gasteiger partial charge in [0.05, 0.1) is 0 Å². The smallest absolute Gasteiger partial charge is 0.266 e. The minimum Gasteiger partial charge on any atom is -0.372 e. The highest BCUT2D eigenvalue weighted by Gasteiger charge is 1.95. The van der Waals surface area contributed by atoms with E-state index in [1.165, 1.54) is 6.21 Å². The molecule has 0 spiro atoms. The van der Waals surface area contributed by atoms with Crippen LogP contribution in [0, 0.1) is 0 Å². The second-order valence-corrected chi connectivity index (χ2v) is 3.22. The molecule has 17 heavy (non-hydrogen) atoms. The van der Waals surface area contributed by atoms with Crippen molar-refractivity contribution >= 4 is 18.2 Å². The second kappa shape index (κ2) is 8.24. The Bertz CT molecular complexity index is 386. The van der Waals surface area contributed by atoms with Crippen LogP contribution in [-0.4, -0.2) is 25.3 Å². The molecular formula is C13H16N2O2. The van der Waals surface area contributed by atoms with Gasteiger partial charge in [0.1, 0.15) is 6.61 Å². The van der Waals surface area contributed by atoms with Crippen LogP contribution in [0.1, 0.15) is 12.5 Å². The Balaban J connectivity index is 2.26. The monoisotopic (exact) mass is 232 g/mol. The Morgan fingerprint density at radius 1 is 1.41 bits per heavy atom. The van der Waals surface area contributed by atoms with E-state index in [1.54, 1.807) is 6.08 Å². The van der Waals surface area contributed by atoms with Crippen molar-refractivity contribution in [3.63, 3.8) is 0 Å². The van der Waals surface area contributed by atoms with Crippen molar-refractivity contribution < 1.29 is 9.53 Å². The van der Waals surface area contributed by atoms with Gasteiger partial charge in [-0.25, -0.2) is 5.43 Å². The number of carbonyl (C=O) groups excluding carboxylic acids is 1. The van der Waals surface area contributed by atoms with Crippen LogP contribution >= 0.6 is 0 Å². The molecule has 1 aromatic rings. The van der Waals surface area contributed by atoms with Gasteiger partial charge in [-0.1, -0.05) is 36.4 Å². The number of hydrogen-bond acceptors (Lipinski definition) is 3. The summed E-state index contributed by atoms with van der Waals surface area (Å²) in [6.07, 6.45) is 5.19. The van der Waals surface area contributed by atoms with Gasteiger partial charge in [-0.15, -0.1) is 0 Å². The molecule has 0 aromatic heterocycles. The number of allylic oxidation sites excluding steroid dienone is 1. The number of nitrogens with one attached hydrogen (secondary N) is 1. The van der Waals surface area contributed by atoms with Crippen molar-refractivity contribution in [3.8, 4) is 0 Å². The average Bonchev–Trinajstić information content (AvgIpc) is 2.37. The molecule has 4 heteroatoms. The number of ether oxygens (including phenoxy) is 1. The molecule has 0 aliphatic carbocycles. The zero-order valence-corrected chi connectivity index (χ0v) is 9.80. The Morgan fingerprint density at radius 3 is 2.88 bits per heavy atom. The minimum absolute atomic E-state index is 0.0379. The molecule has 0 aliphatic heterocycles. The molecule has 0 saturated carbocycles. The average molecular weight is 232 g/mol. The van der Waals surface area contributed by atoms with E-state index in [4.69, 9.17) is 4.74 Å². The Hall–Kier alpha value is -1.94. The molecule has 0 aliphatic rings. The summed E-state index contributed by atoms with van der Waals surface area (Å²) in [6.45, 7) is 2.39. The van der Waals surface area contributed by atoms with Gasteiger partial charge >= 0.3 is 0 Å². The van der Waals surface area contributed by atoms with E-state index in [-0.39, 0.29) is 12.5 Å². The first-order valence-electron chi connectivity index (χ1n) is 5.44. The first-order valence-corrected chi connectivity index (χ1v) is 5.44. The van der Waals surface area contributed by atoms with E-state index in [9.17, 15) is 4.79 Å². The highest BCUT2D eigenvalue weighted by atomic mass is 16.5. The van der Waals surface area contributed by atoms with E-state index in [0.717, 1.165) is 5.56 Å². The first kappa shape index (κ1) is 13.1. The lowest BCUT2D eigenvalue weighted by molar-refractivity contribution is -0.125. The van der Waals surface area contributed by atoms with Crippen molar-refractivity contribution in [2.75, 3.05) is 13.2 Å². The quantitative estimate of drug-likeness (QED) is 0.601. The summed E-state index contributed by atoms with van der Waals surface area (Å²) in [7, 11) is 0. The summed E-state index contributed by atoms with van der Waals surface area (Å²) in [5.74, 6) is -0.254. The Kier molecular flexibility index (Phi) is 6.36. The predicted molar refractivity (Wildman–Crippen MR) is 68.6 cm³/mol. The van der Waals surface area contributed by atoms with Crippen molar-refractivity contribution in [1.29, 1.82) is 0 Å². The van der Waals surface area contributed by atoms with Crippen LogP contribution in [0.15, 0.2) is 41.5 Å². The maximum atomic E-state index is 11.1. The van der Waals surface area contributed by atoms with E-state index in [2.05, 4.69) is 10.5 Å². The molecule has 4 nitrogen and oxygen atoms in total. The number of hydrazone groups is 1. The summed E-state index contributed by atoms with van der Waals surface area (Å²) < 4.78 is 4.92. The lowest BCUT2D eigenvalue weighted by Gasteiger charge is -1.97. The van der Waals surface area contributed by atoms with E-state index in [0.29, 0.717) is 6.61 Å². The van der Waals surface area contributed by atoms with Crippen LogP contribution in [0.25, 0.3) is 6.08 Å². The van der Waals surface area contributed by atoms with Crippen molar-refractivity contribution in [3.05, 3.63) is 42.0 Å². The number of nitrogens with zero attached hydrogens (tertiary/aromatic N) is 1. The van der Waals surface area contributed by atoms with Crippen molar-refractivity contribution in [2.45, 2.75) is 6.92 Å². The normalized spacial score (nSPS) is 11.1. The molecule has 1 aromatic carbocycles. The molecule has 0 bridgehead atoms. The Labute approximate surface area is 101 Å². The highest BCUT2D eigenvalue weighted by molar-refractivity contribution is 5.81. The van der Waals surface area contributed by atoms with Crippen molar-refractivity contribution in [2.24, 2.45) is 5.10 Å². The van der Waals surface area contributed by atoms with Gasteiger partial charge < -0.3 is 4.74 Å². The summed E-state index contributed by atoms with van der Waals surface area (Å²) >= 11 is 0. The molecule has 1 N–H and O–H groups in total. The molecule has 0 unspecified atom stereocenters. The van der Waals surface area contributed by atoms with E-state index in [1.807, 2.05) is 43.3 Å². The molecule has 0 fully saturated rings. The highest BCUT2D eigenvalue weighted by Crippen LogP contribution is 1.99. The fourth-order valence-corrected chi connectivity index (χ4v) is 1.10. The Morgan fingerprint density at radius 2 is 2.18 bits per heavy atom. The van der Waals surface area contributed by atoms with Crippen LogP contribution in [0.2, 0.25) is 0 Å². The lowest BCUT2D eigenvalue weighted by Crippen LogP contribution is -2.22. The minimum atomic E-state index is -0.254. The van der Waals surface area contributed by atoms with Crippen LogP contribution < -0.4 is 5.43 Å². The fraction of sp³-hybridized carbons (Fsp3) is 0.231. The largest absolute Gasteiger partial charge is 0.372 e. The molecule has 0 saturated heterocycles. The summed E-state index contributed by atoms with van der Waals surface area (Å²) in [5.41, 5.74) is 3.44. The van der Waals surface area contributed by atoms with Gasteiger partial charge in [0.25, 0.3) is 5.91 Å². The molecular weight excluding hydrogens is 216 g/mol. The zero-order chi connectivity index (χ0) is 12.3. The van der Waals surface area contributed by atoms with Crippen LogP contribution in [-0.2, 0) is 9.53 Å². The third-order valence-corrected chi connectivity index (χ3v) is 1.88. The van der Waals surface area contributed by atoms with Gasteiger partial charge in [0.2, 0.25) is 0 Å². The molecule has 90 valence electrons. The topological polar surface area (TPSA) is 50.7 Å². The standard InChI is InChI=1S/C13H16N2O2/c1-2-17-11-13(16)15-14-10-6-9-12-7-4-3-5-8-12/h3-10H,2,11H2,1H3,(H,15,16)/b9-6+,14-10+. The van der Waals surface area contributed by atoms with Gasteiger partial charge in [0, 0.05) is 12.8 Å². The second-order valence-electron chi connectivity index (χ2n) is 3.22. The fourth-order valence-electron chi connectivity index (χ4n) is 1.10. The zero-order valence-electron chi connectivity index (χ0n) is 9.80. The third kappa shape index (κ3) is 6.27. The molecule has 0 heterocycles. The molecule has 0 atom stereocenters. The molecule has 1 amide bonds.